The summed E-state index contributed by atoms with van der Waals surface area (Å²) in [5, 5.41) is 9.16. The van der Waals surface area contributed by atoms with E-state index in [2.05, 4.69) is 15.4 Å². The summed E-state index contributed by atoms with van der Waals surface area (Å²) in [5.41, 5.74) is 0.694. The summed E-state index contributed by atoms with van der Waals surface area (Å²) in [6.45, 7) is 0.688. The van der Waals surface area contributed by atoms with Gasteiger partial charge in [-0.3, -0.25) is 14.3 Å². The molecule has 1 saturated carbocycles. The van der Waals surface area contributed by atoms with E-state index in [9.17, 15) is 9.59 Å². The normalized spacial score (nSPS) is 13.8. The van der Waals surface area contributed by atoms with Crippen LogP contribution in [0.5, 0.6) is 0 Å². The zero-order chi connectivity index (χ0) is 17.2. The van der Waals surface area contributed by atoms with Crippen LogP contribution in [0.2, 0.25) is 0 Å². The zero-order valence-corrected chi connectivity index (χ0v) is 14.3. The van der Waals surface area contributed by atoms with Crippen molar-refractivity contribution >= 4 is 17.2 Å². The molecule has 3 aromatic heterocycles. The molecule has 1 N–H and O–H groups in total. The molecule has 3 heterocycles. The number of carbonyl (C=O) groups excluding carboxylic acids is 1. The number of aromatic nitrogens is 4. The molecule has 4 rings (SSSR count). The first kappa shape index (κ1) is 15.8. The van der Waals surface area contributed by atoms with Crippen molar-refractivity contribution < 1.29 is 4.79 Å². The molecular weight excluding hydrogens is 338 g/mol. The molecule has 0 radical (unpaired) electrons. The molecule has 128 valence electrons. The van der Waals surface area contributed by atoms with Gasteiger partial charge in [-0.2, -0.15) is 0 Å². The number of rotatable bonds is 6. The lowest BCUT2D eigenvalue weighted by Gasteiger charge is -2.02. The maximum atomic E-state index is 12.7. The first-order chi connectivity index (χ1) is 12.2. The van der Waals surface area contributed by atoms with Gasteiger partial charge < -0.3 is 5.32 Å². The second kappa shape index (κ2) is 6.64. The van der Waals surface area contributed by atoms with Crippen LogP contribution in [0.4, 0.5) is 0 Å². The van der Waals surface area contributed by atoms with Crippen molar-refractivity contribution in [3.63, 3.8) is 0 Å². The Bertz CT molecular complexity index is 926. The van der Waals surface area contributed by atoms with Gasteiger partial charge in [-0.1, -0.05) is 6.07 Å². The van der Waals surface area contributed by atoms with E-state index in [1.807, 2.05) is 23.6 Å². The average molecular weight is 355 g/mol. The number of pyridine rings is 1. The summed E-state index contributed by atoms with van der Waals surface area (Å²) < 4.78 is 3.17. The minimum absolute atomic E-state index is 0.128. The van der Waals surface area contributed by atoms with Crippen LogP contribution in [-0.4, -0.2) is 31.8 Å². The van der Waals surface area contributed by atoms with E-state index in [1.165, 1.54) is 16.0 Å². The molecule has 8 heteroatoms. The Balaban J connectivity index is 1.52. The van der Waals surface area contributed by atoms with Gasteiger partial charge in [0.1, 0.15) is 0 Å². The topological polar surface area (TPSA) is 81.8 Å². The minimum atomic E-state index is -0.133. The van der Waals surface area contributed by atoms with Gasteiger partial charge in [-0.25, -0.2) is 9.48 Å². The molecule has 0 saturated heterocycles. The van der Waals surface area contributed by atoms with Crippen LogP contribution >= 0.6 is 11.3 Å². The molecular formula is C17H17N5O2S. The lowest BCUT2D eigenvalue weighted by Crippen LogP contribution is -2.31. The van der Waals surface area contributed by atoms with Crippen LogP contribution < -0.4 is 11.0 Å². The number of nitrogens with zero attached hydrogens (tertiary/aromatic N) is 4. The van der Waals surface area contributed by atoms with Crippen molar-refractivity contribution in [2.45, 2.75) is 25.4 Å². The summed E-state index contributed by atoms with van der Waals surface area (Å²) in [6.07, 6.45) is 5.39. The number of nitrogens with one attached hydrogen (secondary N) is 1. The van der Waals surface area contributed by atoms with Crippen LogP contribution in [-0.2, 0) is 6.54 Å². The Morgan fingerprint density at radius 3 is 2.88 bits per heavy atom. The van der Waals surface area contributed by atoms with Gasteiger partial charge >= 0.3 is 5.69 Å². The summed E-state index contributed by atoms with van der Waals surface area (Å²) in [7, 11) is 0. The zero-order valence-electron chi connectivity index (χ0n) is 13.5. The minimum Gasteiger partial charge on any atom is -0.349 e. The van der Waals surface area contributed by atoms with Crippen LogP contribution in [0.1, 0.15) is 28.6 Å². The first-order valence-electron chi connectivity index (χ1n) is 8.15. The van der Waals surface area contributed by atoms with Crippen molar-refractivity contribution in [1.82, 2.24) is 24.6 Å². The molecule has 3 aromatic rings. The summed E-state index contributed by atoms with van der Waals surface area (Å²) in [4.78, 5) is 29.4. The van der Waals surface area contributed by atoms with Gasteiger partial charge in [0.05, 0.1) is 11.4 Å². The fraction of sp³-hybridized carbons (Fsp3) is 0.294. The number of hydrogen-bond acceptors (Lipinski definition) is 5. The largest absolute Gasteiger partial charge is 0.349 e. The molecule has 0 unspecified atom stereocenters. The summed E-state index contributed by atoms with van der Waals surface area (Å²) in [5.74, 6) is 0.516. The molecule has 0 bridgehead atoms. The van der Waals surface area contributed by atoms with Crippen LogP contribution in [0.3, 0.4) is 0 Å². The fourth-order valence-corrected chi connectivity index (χ4v) is 3.33. The first-order valence-corrected chi connectivity index (χ1v) is 9.03. The molecule has 0 spiro atoms. The SMILES string of the molecule is O=C(NCCn1nc(-c2cccnc2)n(C2CC2)c1=O)c1cccs1. The van der Waals surface area contributed by atoms with Crippen molar-refractivity contribution in [2.24, 2.45) is 0 Å². The third-order valence-electron chi connectivity index (χ3n) is 4.06. The maximum Gasteiger partial charge on any atom is 0.346 e. The second-order valence-corrected chi connectivity index (χ2v) is 6.85. The smallest absolute Gasteiger partial charge is 0.346 e. The predicted octanol–water partition coefficient (Wildman–Crippen LogP) is 1.93. The molecule has 1 aliphatic carbocycles. The van der Waals surface area contributed by atoms with Gasteiger partial charge in [0, 0.05) is 30.5 Å². The summed E-state index contributed by atoms with van der Waals surface area (Å²) in [6, 6.07) is 7.56. The van der Waals surface area contributed by atoms with E-state index in [4.69, 9.17) is 0 Å². The van der Waals surface area contributed by atoms with Crippen molar-refractivity contribution in [1.29, 1.82) is 0 Å². The Labute approximate surface area is 147 Å². The fourth-order valence-electron chi connectivity index (χ4n) is 2.69. The molecule has 0 aromatic carbocycles. The molecule has 1 fully saturated rings. The highest BCUT2D eigenvalue weighted by molar-refractivity contribution is 7.12. The Morgan fingerprint density at radius 2 is 2.20 bits per heavy atom. The Hall–Kier alpha value is -2.74. The number of amides is 1. The third kappa shape index (κ3) is 3.25. The van der Waals surface area contributed by atoms with E-state index in [0.717, 1.165) is 18.4 Å². The molecule has 0 atom stereocenters. The highest BCUT2D eigenvalue weighted by Gasteiger charge is 2.30. The Morgan fingerprint density at radius 1 is 1.32 bits per heavy atom. The molecule has 0 aliphatic heterocycles. The van der Waals surface area contributed by atoms with E-state index >= 15 is 0 Å². The number of carbonyl (C=O) groups is 1. The van der Waals surface area contributed by atoms with Crippen LogP contribution in [0.25, 0.3) is 11.4 Å². The van der Waals surface area contributed by atoms with Crippen LogP contribution in [0, 0.1) is 0 Å². The molecule has 7 nitrogen and oxygen atoms in total. The van der Waals surface area contributed by atoms with Gasteiger partial charge in [-0.15, -0.1) is 16.4 Å². The lowest BCUT2D eigenvalue weighted by atomic mass is 10.3. The van der Waals surface area contributed by atoms with Gasteiger partial charge in [0.25, 0.3) is 5.91 Å². The van der Waals surface area contributed by atoms with Gasteiger partial charge in [0.15, 0.2) is 5.82 Å². The molecule has 1 amide bonds. The Kier molecular flexibility index (Phi) is 4.19. The van der Waals surface area contributed by atoms with E-state index in [1.54, 1.807) is 23.0 Å². The van der Waals surface area contributed by atoms with Crippen molar-refractivity contribution in [2.75, 3.05) is 6.54 Å². The van der Waals surface area contributed by atoms with Gasteiger partial charge in [-0.05, 0) is 36.4 Å². The number of thiophene rings is 1. The van der Waals surface area contributed by atoms with Crippen molar-refractivity contribution in [3.05, 3.63) is 57.4 Å². The maximum absolute atomic E-state index is 12.7. The predicted molar refractivity (Wildman–Crippen MR) is 94.6 cm³/mol. The monoisotopic (exact) mass is 355 g/mol. The van der Waals surface area contributed by atoms with E-state index < -0.39 is 0 Å². The second-order valence-electron chi connectivity index (χ2n) is 5.91. The van der Waals surface area contributed by atoms with Gasteiger partial charge in [0.2, 0.25) is 0 Å². The average Bonchev–Trinajstić information content (AvgIpc) is 3.20. The quantitative estimate of drug-likeness (QED) is 0.732. The molecule has 1 aliphatic rings. The lowest BCUT2D eigenvalue weighted by molar-refractivity contribution is 0.0956. The molecule has 25 heavy (non-hydrogen) atoms. The van der Waals surface area contributed by atoms with Crippen LogP contribution in [0.15, 0.2) is 46.8 Å². The van der Waals surface area contributed by atoms with E-state index in [0.29, 0.717) is 23.8 Å². The highest BCUT2D eigenvalue weighted by Crippen LogP contribution is 2.36. The highest BCUT2D eigenvalue weighted by atomic mass is 32.1. The van der Waals surface area contributed by atoms with Crippen molar-refractivity contribution in [3.8, 4) is 11.4 Å². The van der Waals surface area contributed by atoms with E-state index in [-0.39, 0.29) is 17.6 Å². The standard InChI is InChI=1S/C17H17N5O2S/c23-16(14-4-2-10-25-14)19-8-9-21-17(24)22(13-5-6-13)15(20-21)12-3-1-7-18-11-12/h1-4,7,10-11,13H,5-6,8-9H2,(H,19,23). The summed E-state index contributed by atoms with van der Waals surface area (Å²) >= 11 is 1.39. The number of hydrogen-bond donors (Lipinski definition) is 1. The third-order valence-corrected chi connectivity index (χ3v) is 4.93.